The van der Waals surface area contributed by atoms with Gasteiger partial charge >= 0.3 is 18.2 Å². The van der Waals surface area contributed by atoms with Gasteiger partial charge in [-0.05, 0) is 35.1 Å². The van der Waals surface area contributed by atoms with Gasteiger partial charge in [0.05, 0.1) is 0 Å². The summed E-state index contributed by atoms with van der Waals surface area (Å²) in [4.78, 5) is 35.5. The number of rotatable bonds is 8. The molecule has 0 spiro atoms. The molecule has 0 bridgehead atoms. The molecule has 10 heteroatoms. The third-order valence-electron chi connectivity index (χ3n) is 5.85. The summed E-state index contributed by atoms with van der Waals surface area (Å²) < 4.78 is 46.4. The fourth-order valence-electron chi connectivity index (χ4n) is 3.91. The van der Waals surface area contributed by atoms with E-state index in [0.717, 1.165) is 22.3 Å². The minimum absolute atomic E-state index is 0.217. The van der Waals surface area contributed by atoms with Crippen molar-refractivity contribution >= 4 is 18.0 Å². The molecule has 1 aliphatic carbocycles. The molecule has 0 aromatic heterocycles. The number of carboxylic acid groups (broad SMARTS) is 1. The third kappa shape index (κ3) is 5.16. The Morgan fingerprint density at radius 2 is 1.56 bits per heavy atom. The maximum atomic E-state index is 13.8. The summed E-state index contributed by atoms with van der Waals surface area (Å²) >= 11 is 0. The molecule has 3 N–H and O–H groups in total. The van der Waals surface area contributed by atoms with Crippen LogP contribution in [0.3, 0.4) is 0 Å². The molecule has 0 heterocycles. The zero-order chi connectivity index (χ0) is 25.1. The Morgan fingerprint density at radius 1 is 1.03 bits per heavy atom. The van der Waals surface area contributed by atoms with Crippen LogP contribution in [-0.4, -0.2) is 47.9 Å². The summed E-state index contributed by atoms with van der Waals surface area (Å²) in [6.45, 7) is 1.48. The fraction of sp³-hybridized carbons (Fsp3) is 0.375. The van der Waals surface area contributed by atoms with Crippen molar-refractivity contribution in [3.05, 3.63) is 59.7 Å². The summed E-state index contributed by atoms with van der Waals surface area (Å²) in [5.41, 5.74) is 0.433. The molecule has 0 saturated heterocycles. The Balaban J connectivity index is 1.69. The number of benzene rings is 2. The van der Waals surface area contributed by atoms with E-state index in [4.69, 9.17) is 9.84 Å². The third-order valence-corrected chi connectivity index (χ3v) is 5.85. The normalized spacial score (nSPS) is 15.4. The van der Waals surface area contributed by atoms with Crippen LogP contribution in [0, 0.1) is 5.92 Å². The Morgan fingerprint density at radius 3 is 2.06 bits per heavy atom. The highest BCUT2D eigenvalue weighted by Crippen LogP contribution is 2.44. The van der Waals surface area contributed by atoms with Gasteiger partial charge in [0.2, 0.25) is 5.54 Å². The first-order valence-corrected chi connectivity index (χ1v) is 10.6. The van der Waals surface area contributed by atoms with Crippen LogP contribution in [0.2, 0.25) is 0 Å². The quantitative estimate of drug-likeness (QED) is 0.531. The summed E-state index contributed by atoms with van der Waals surface area (Å²) in [6.07, 6.45) is -6.85. The van der Waals surface area contributed by atoms with Crippen molar-refractivity contribution in [2.45, 2.75) is 37.9 Å². The first-order valence-electron chi connectivity index (χ1n) is 10.6. The highest BCUT2D eigenvalue weighted by atomic mass is 19.4. The largest absolute Gasteiger partial charge is 0.481 e. The van der Waals surface area contributed by atoms with Crippen LogP contribution >= 0.6 is 0 Å². The van der Waals surface area contributed by atoms with Gasteiger partial charge in [-0.3, -0.25) is 14.9 Å². The van der Waals surface area contributed by atoms with E-state index in [-0.39, 0.29) is 25.5 Å². The van der Waals surface area contributed by atoms with Gasteiger partial charge in [0.1, 0.15) is 6.61 Å². The molecule has 2 aromatic carbocycles. The second-order valence-corrected chi connectivity index (χ2v) is 8.49. The van der Waals surface area contributed by atoms with Gasteiger partial charge in [-0.15, -0.1) is 0 Å². The molecule has 2 atom stereocenters. The summed E-state index contributed by atoms with van der Waals surface area (Å²) in [7, 11) is 0. The van der Waals surface area contributed by atoms with Crippen LogP contribution in [0.25, 0.3) is 11.1 Å². The number of aliphatic carboxylic acids is 1. The molecule has 0 fully saturated rings. The van der Waals surface area contributed by atoms with Crippen LogP contribution < -0.4 is 10.6 Å². The number of ether oxygens (including phenoxy) is 1. The van der Waals surface area contributed by atoms with E-state index in [1.807, 2.05) is 48.5 Å². The number of alkyl carbamates (subject to hydrolysis) is 1. The molecule has 34 heavy (non-hydrogen) atoms. The number of hydrogen-bond acceptors (Lipinski definition) is 4. The number of carbonyl (C=O) groups is 3. The standard InChI is InChI=1S/C24H25F3N2O5/c1-14(11-20(30)31)12-28-21(32)23(2,24(25,26)27)29-22(33)34-13-19-17-9-5-3-7-15(17)16-8-4-6-10-18(16)19/h3-10,14,19H,11-13H2,1-2H3,(H,28,32)(H,29,33)(H,30,31). The monoisotopic (exact) mass is 478 g/mol. The van der Waals surface area contributed by atoms with Gasteiger partial charge in [-0.2, -0.15) is 13.2 Å². The van der Waals surface area contributed by atoms with Crippen LogP contribution in [0.5, 0.6) is 0 Å². The van der Waals surface area contributed by atoms with Crippen molar-refractivity contribution in [1.29, 1.82) is 0 Å². The maximum Gasteiger partial charge on any atom is 0.420 e. The first-order chi connectivity index (χ1) is 15.9. The predicted octanol–water partition coefficient (Wildman–Crippen LogP) is 4.07. The molecule has 7 nitrogen and oxygen atoms in total. The molecule has 0 saturated carbocycles. The smallest absolute Gasteiger partial charge is 0.420 e. The van der Waals surface area contributed by atoms with Crippen LogP contribution in [0.4, 0.5) is 18.0 Å². The second-order valence-electron chi connectivity index (χ2n) is 8.49. The Labute approximate surface area is 194 Å². The highest BCUT2D eigenvalue weighted by Gasteiger charge is 2.58. The van der Waals surface area contributed by atoms with E-state index in [1.54, 1.807) is 5.32 Å². The summed E-state index contributed by atoms with van der Waals surface area (Å²) in [5, 5.41) is 12.5. The van der Waals surface area contributed by atoms with Crippen LogP contribution in [-0.2, 0) is 14.3 Å². The molecule has 3 rings (SSSR count). The van der Waals surface area contributed by atoms with E-state index < -0.39 is 35.6 Å². The topological polar surface area (TPSA) is 105 Å². The lowest BCUT2D eigenvalue weighted by Crippen LogP contribution is -2.65. The van der Waals surface area contributed by atoms with Gasteiger partial charge in [-0.1, -0.05) is 55.5 Å². The fourth-order valence-corrected chi connectivity index (χ4v) is 3.91. The van der Waals surface area contributed by atoms with Crippen molar-refractivity contribution in [2.24, 2.45) is 5.92 Å². The van der Waals surface area contributed by atoms with E-state index >= 15 is 0 Å². The summed E-state index contributed by atoms with van der Waals surface area (Å²) in [5.74, 6) is -3.61. The molecule has 2 aromatic rings. The molecule has 1 aliphatic rings. The van der Waals surface area contributed by atoms with Gasteiger partial charge < -0.3 is 15.2 Å². The number of halogens is 3. The van der Waals surface area contributed by atoms with Gasteiger partial charge in [0, 0.05) is 18.9 Å². The predicted molar refractivity (Wildman–Crippen MR) is 117 cm³/mol. The Kier molecular flexibility index (Phi) is 7.18. The van der Waals surface area contributed by atoms with Crippen molar-refractivity contribution in [2.75, 3.05) is 13.2 Å². The molecule has 0 aliphatic heterocycles. The minimum atomic E-state index is -5.13. The average Bonchev–Trinajstić information content (AvgIpc) is 3.08. The summed E-state index contributed by atoms with van der Waals surface area (Å²) in [6, 6.07) is 15.0. The van der Waals surface area contributed by atoms with Crippen molar-refractivity contribution < 1.29 is 37.4 Å². The van der Waals surface area contributed by atoms with Crippen LogP contribution in [0.15, 0.2) is 48.5 Å². The molecule has 2 amide bonds. The number of carboxylic acids is 1. The molecule has 0 radical (unpaired) electrons. The second kappa shape index (κ2) is 9.74. The average molecular weight is 478 g/mol. The first kappa shape index (κ1) is 25.1. The number of alkyl halides is 3. The lowest BCUT2D eigenvalue weighted by molar-refractivity contribution is -0.194. The Hall–Kier alpha value is -3.56. The molecule has 2 unspecified atom stereocenters. The SMILES string of the molecule is CC(CNC(=O)C(C)(NC(=O)OCC1c2ccccc2-c2ccccc21)C(F)(F)F)CC(=O)O. The maximum absolute atomic E-state index is 13.8. The van der Waals surface area contributed by atoms with Crippen molar-refractivity contribution in [1.82, 2.24) is 10.6 Å². The molecular weight excluding hydrogens is 453 g/mol. The van der Waals surface area contributed by atoms with Gasteiger partial charge in [0.15, 0.2) is 0 Å². The van der Waals surface area contributed by atoms with Crippen molar-refractivity contribution in [3.63, 3.8) is 0 Å². The molecular formula is C24H25F3N2O5. The van der Waals surface area contributed by atoms with Gasteiger partial charge in [-0.25, -0.2) is 4.79 Å². The number of nitrogens with one attached hydrogen (secondary N) is 2. The number of carbonyl (C=O) groups excluding carboxylic acids is 2. The number of fused-ring (bicyclic) bond motifs is 3. The minimum Gasteiger partial charge on any atom is -0.481 e. The van der Waals surface area contributed by atoms with E-state index in [1.165, 1.54) is 6.92 Å². The van der Waals surface area contributed by atoms with E-state index in [0.29, 0.717) is 6.92 Å². The lowest BCUT2D eigenvalue weighted by atomic mass is 9.98. The highest BCUT2D eigenvalue weighted by molar-refractivity contribution is 5.90. The van der Waals surface area contributed by atoms with E-state index in [9.17, 15) is 27.6 Å². The molecule has 182 valence electrons. The lowest BCUT2D eigenvalue weighted by Gasteiger charge is -2.31. The number of amides is 2. The van der Waals surface area contributed by atoms with Gasteiger partial charge in [0.25, 0.3) is 5.91 Å². The zero-order valence-corrected chi connectivity index (χ0v) is 18.6. The zero-order valence-electron chi connectivity index (χ0n) is 18.6. The Bertz CT molecular complexity index is 1040. The van der Waals surface area contributed by atoms with E-state index in [2.05, 4.69) is 5.32 Å². The van der Waals surface area contributed by atoms with Crippen LogP contribution in [0.1, 0.15) is 37.3 Å². The number of hydrogen-bond donors (Lipinski definition) is 3. The van der Waals surface area contributed by atoms with Crippen molar-refractivity contribution in [3.8, 4) is 11.1 Å².